The van der Waals surface area contributed by atoms with Gasteiger partial charge in [0, 0.05) is 35.9 Å². The number of methoxy groups -OCH3 is 1. The summed E-state index contributed by atoms with van der Waals surface area (Å²) < 4.78 is 10.7. The van der Waals surface area contributed by atoms with Crippen molar-refractivity contribution in [3.8, 4) is 11.5 Å². The molecule has 0 aromatic heterocycles. The van der Waals surface area contributed by atoms with Crippen molar-refractivity contribution >= 4 is 40.7 Å². The van der Waals surface area contributed by atoms with E-state index in [-0.39, 0.29) is 30.7 Å². The third-order valence-corrected chi connectivity index (χ3v) is 6.59. The van der Waals surface area contributed by atoms with E-state index < -0.39 is 5.92 Å². The lowest BCUT2D eigenvalue weighted by Gasteiger charge is -2.17. The predicted octanol–water partition coefficient (Wildman–Crippen LogP) is 4.34. The van der Waals surface area contributed by atoms with Crippen molar-refractivity contribution in [3.63, 3.8) is 0 Å². The molecule has 0 aliphatic carbocycles. The van der Waals surface area contributed by atoms with E-state index >= 15 is 0 Å². The molecule has 1 aliphatic heterocycles. The lowest BCUT2D eigenvalue weighted by molar-refractivity contribution is -0.126. The molecule has 3 aromatic carbocycles. The molecule has 1 saturated heterocycles. The molecule has 4 rings (SSSR count). The summed E-state index contributed by atoms with van der Waals surface area (Å²) in [6, 6.07) is 19.6. The van der Waals surface area contributed by atoms with Crippen LogP contribution in [0.1, 0.15) is 17.5 Å². The number of hydrogen-bond donors (Lipinski definition) is 2. The molecule has 2 N–H and O–H groups in total. The van der Waals surface area contributed by atoms with Crippen LogP contribution in [0.25, 0.3) is 0 Å². The van der Waals surface area contributed by atoms with E-state index in [4.69, 9.17) is 21.1 Å². The molecule has 192 valence electrons. The quantitative estimate of drug-likeness (QED) is 0.436. The predicted molar refractivity (Wildman–Crippen MR) is 142 cm³/mol. The van der Waals surface area contributed by atoms with Crippen molar-refractivity contribution < 1.29 is 23.9 Å². The summed E-state index contributed by atoms with van der Waals surface area (Å²) in [4.78, 5) is 39.1. The van der Waals surface area contributed by atoms with E-state index in [0.29, 0.717) is 35.2 Å². The van der Waals surface area contributed by atoms with E-state index in [2.05, 4.69) is 10.6 Å². The molecule has 3 aromatic rings. The average molecular weight is 522 g/mol. The maximum absolute atomic E-state index is 12.7. The Bertz CT molecular complexity index is 1280. The van der Waals surface area contributed by atoms with Gasteiger partial charge in [0.1, 0.15) is 11.5 Å². The van der Waals surface area contributed by atoms with Crippen LogP contribution in [0.4, 0.5) is 11.4 Å². The van der Waals surface area contributed by atoms with Gasteiger partial charge in [-0.2, -0.15) is 0 Å². The summed E-state index contributed by atoms with van der Waals surface area (Å²) in [6.45, 7) is 2.33. The maximum Gasteiger partial charge on any atom is 0.262 e. The number of carbonyl (C=O) groups excluding carboxylic acids is 3. The van der Waals surface area contributed by atoms with Gasteiger partial charge in [-0.25, -0.2) is 0 Å². The molecule has 8 nitrogen and oxygen atoms in total. The van der Waals surface area contributed by atoms with Crippen LogP contribution in [0.3, 0.4) is 0 Å². The van der Waals surface area contributed by atoms with Crippen LogP contribution in [0.5, 0.6) is 11.5 Å². The molecule has 0 saturated carbocycles. The molecule has 0 unspecified atom stereocenters. The minimum Gasteiger partial charge on any atom is -0.497 e. The number of nitrogens with zero attached hydrogens (tertiary/aromatic N) is 1. The fourth-order valence-corrected chi connectivity index (χ4v) is 4.18. The zero-order valence-electron chi connectivity index (χ0n) is 20.6. The van der Waals surface area contributed by atoms with Crippen LogP contribution < -0.4 is 25.0 Å². The number of anilines is 2. The first-order chi connectivity index (χ1) is 17.8. The number of halogens is 1. The zero-order valence-corrected chi connectivity index (χ0v) is 21.4. The molecule has 0 radical (unpaired) electrons. The van der Waals surface area contributed by atoms with Crippen molar-refractivity contribution in [2.24, 2.45) is 5.92 Å². The van der Waals surface area contributed by atoms with Crippen LogP contribution in [0.2, 0.25) is 5.02 Å². The SMILES string of the molecule is COc1ccc(CNC(=O)[C@H]2CC(=O)N(c3ccc(OCC(=O)Nc4cccc(Cl)c4C)cc3)C2)cc1. The number of benzene rings is 3. The Morgan fingerprint density at radius 1 is 1.03 bits per heavy atom. The molecule has 0 spiro atoms. The van der Waals surface area contributed by atoms with Gasteiger partial charge in [0.05, 0.1) is 13.0 Å². The summed E-state index contributed by atoms with van der Waals surface area (Å²) in [5.41, 5.74) is 3.03. The highest BCUT2D eigenvalue weighted by Gasteiger charge is 2.35. The number of nitrogens with one attached hydrogen (secondary N) is 2. The van der Waals surface area contributed by atoms with Crippen LogP contribution in [0.15, 0.2) is 66.7 Å². The summed E-state index contributed by atoms with van der Waals surface area (Å²) >= 11 is 6.09. The molecular weight excluding hydrogens is 494 g/mol. The average Bonchev–Trinajstić information content (AvgIpc) is 3.31. The third-order valence-electron chi connectivity index (χ3n) is 6.18. The zero-order chi connectivity index (χ0) is 26.4. The fraction of sp³-hybridized carbons (Fsp3) is 0.250. The Morgan fingerprint density at radius 3 is 2.43 bits per heavy atom. The lowest BCUT2D eigenvalue weighted by Crippen LogP contribution is -2.32. The molecule has 1 atom stereocenters. The number of hydrogen-bond acceptors (Lipinski definition) is 5. The van der Waals surface area contributed by atoms with Gasteiger partial charge in [-0.3, -0.25) is 14.4 Å². The highest BCUT2D eigenvalue weighted by atomic mass is 35.5. The third kappa shape index (κ3) is 6.59. The molecule has 1 aliphatic rings. The Balaban J connectivity index is 1.26. The summed E-state index contributed by atoms with van der Waals surface area (Å²) in [6.07, 6.45) is 0.149. The molecule has 3 amide bonds. The van der Waals surface area contributed by atoms with E-state index in [1.807, 2.05) is 31.2 Å². The minimum atomic E-state index is -0.430. The standard InChI is InChI=1S/C28H28ClN3O5/c1-18-24(29)4-3-5-25(18)31-26(33)17-37-23-12-8-21(9-13-23)32-16-20(14-27(32)34)28(35)30-15-19-6-10-22(36-2)11-7-19/h3-13,20H,14-17H2,1-2H3,(H,30,35)(H,31,33)/t20-/m0/s1. The number of carbonyl (C=O) groups is 3. The van der Waals surface area contributed by atoms with Crippen molar-refractivity contribution in [3.05, 3.63) is 82.9 Å². The lowest BCUT2D eigenvalue weighted by atomic mass is 10.1. The first-order valence-electron chi connectivity index (χ1n) is 11.8. The number of rotatable bonds is 9. The maximum atomic E-state index is 12.7. The molecule has 1 fully saturated rings. The van der Waals surface area contributed by atoms with Crippen LogP contribution >= 0.6 is 11.6 Å². The van der Waals surface area contributed by atoms with Crippen LogP contribution in [-0.2, 0) is 20.9 Å². The Labute approximate surface area is 220 Å². The topological polar surface area (TPSA) is 97.0 Å². The van der Waals surface area contributed by atoms with Crippen LogP contribution in [-0.4, -0.2) is 38.0 Å². The highest BCUT2D eigenvalue weighted by molar-refractivity contribution is 6.31. The van der Waals surface area contributed by atoms with Crippen LogP contribution in [0, 0.1) is 12.8 Å². The van der Waals surface area contributed by atoms with Gasteiger partial charge in [0.15, 0.2) is 6.61 Å². The van der Waals surface area contributed by atoms with E-state index in [0.717, 1.165) is 16.9 Å². The first kappa shape index (κ1) is 26.0. The first-order valence-corrected chi connectivity index (χ1v) is 12.2. The van der Waals surface area contributed by atoms with Crippen molar-refractivity contribution in [2.45, 2.75) is 19.9 Å². The number of amides is 3. The Hall–Kier alpha value is -4.04. The largest absolute Gasteiger partial charge is 0.497 e. The molecule has 0 bridgehead atoms. The van der Waals surface area contributed by atoms with E-state index in [9.17, 15) is 14.4 Å². The van der Waals surface area contributed by atoms with Gasteiger partial charge in [0.25, 0.3) is 5.91 Å². The Kier molecular flexibility index (Phi) is 8.30. The van der Waals surface area contributed by atoms with Gasteiger partial charge in [-0.1, -0.05) is 29.8 Å². The monoisotopic (exact) mass is 521 g/mol. The van der Waals surface area contributed by atoms with Crippen molar-refractivity contribution in [1.82, 2.24) is 5.32 Å². The second-order valence-electron chi connectivity index (χ2n) is 8.71. The van der Waals surface area contributed by atoms with Gasteiger partial charge < -0.3 is 25.0 Å². The van der Waals surface area contributed by atoms with E-state index in [1.54, 1.807) is 54.5 Å². The fourth-order valence-electron chi connectivity index (χ4n) is 4.01. The number of ether oxygens (including phenoxy) is 2. The molecular formula is C28H28ClN3O5. The van der Waals surface area contributed by atoms with Gasteiger partial charge in [-0.15, -0.1) is 0 Å². The van der Waals surface area contributed by atoms with E-state index in [1.165, 1.54) is 0 Å². The van der Waals surface area contributed by atoms with Crippen molar-refractivity contribution in [1.29, 1.82) is 0 Å². The second kappa shape index (κ2) is 11.8. The highest BCUT2D eigenvalue weighted by Crippen LogP contribution is 2.27. The van der Waals surface area contributed by atoms with Gasteiger partial charge in [0.2, 0.25) is 11.8 Å². The minimum absolute atomic E-state index is 0.116. The Morgan fingerprint density at radius 2 is 1.73 bits per heavy atom. The van der Waals surface area contributed by atoms with Gasteiger partial charge >= 0.3 is 0 Å². The van der Waals surface area contributed by atoms with Crippen molar-refractivity contribution in [2.75, 3.05) is 30.5 Å². The molecule has 1 heterocycles. The second-order valence-corrected chi connectivity index (χ2v) is 9.12. The summed E-state index contributed by atoms with van der Waals surface area (Å²) in [5, 5.41) is 6.26. The summed E-state index contributed by atoms with van der Waals surface area (Å²) in [5.74, 6) is 0.219. The smallest absolute Gasteiger partial charge is 0.262 e. The normalized spacial score (nSPS) is 14.8. The van der Waals surface area contributed by atoms with Gasteiger partial charge in [-0.05, 0) is 66.6 Å². The molecule has 37 heavy (non-hydrogen) atoms. The summed E-state index contributed by atoms with van der Waals surface area (Å²) in [7, 11) is 1.60. The molecule has 9 heteroatoms.